The number of alkyl halides is 9. The summed E-state index contributed by atoms with van der Waals surface area (Å²) in [5.41, 5.74) is -11.6. The van der Waals surface area contributed by atoms with Crippen LogP contribution >= 0.6 is 0 Å². The maximum atomic E-state index is 13.3. The Balaban J connectivity index is 0.000000203. The van der Waals surface area contributed by atoms with Crippen LogP contribution in [0.1, 0.15) is 210 Å². The Kier molecular flexibility index (Phi) is 26.2. The molecule has 14 nitrogen and oxygen atoms in total. The molecule has 4 bridgehead atoms. The zero-order chi connectivity index (χ0) is 74.2. The summed E-state index contributed by atoms with van der Waals surface area (Å²) >= 11 is 0. The lowest BCUT2D eigenvalue weighted by atomic mass is 9.48. The van der Waals surface area contributed by atoms with Crippen LogP contribution in [0, 0.1) is 33.5 Å². The first kappa shape index (κ1) is 81.9. The number of fused-ring (bicyclic) bond motifs is 2. The van der Waals surface area contributed by atoms with Crippen LogP contribution in [0.5, 0.6) is 17.2 Å². The van der Waals surface area contributed by atoms with E-state index >= 15 is 0 Å². The fraction of sp³-hybridized carbons (Fsp3) is 0.622. The van der Waals surface area contributed by atoms with Gasteiger partial charge in [0.2, 0.25) is 15.9 Å². The molecule has 1 heterocycles. The number of benzene rings is 4. The first-order chi connectivity index (χ1) is 45.7. The van der Waals surface area contributed by atoms with E-state index in [1.807, 2.05) is 70.2 Å². The summed E-state index contributed by atoms with van der Waals surface area (Å²) in [5, 5.41) is 18.9. The van der Waals surface area contributed by atoms with Crippen molar-refractivity contribution in [3.8, 4) is 17.2 Å². The molecule has 0 spiro atoms. The minimum Gasteiger partial charge on any atom is -0.748 e. The van der Waals surface area contributed by atoms with Crippen molar-refractivity contribution in [1.82, 2.24) is 0 Å². The molecule has 0 aromatic heterocycles. The van der Waals surface area contributed by atoms with Crippen molar-refractivity contribution in [3.05, 3.63) is 109 Å². The van der Waals surface area contributed by atoms with Crippen LogP contribution in [-0.2, 0) is 59.1 Å². The number of aliphatic hydroxyl groups is 1. The van der Waals surface area contributed by atoms with E-state index in [0.717, 1.165) is 43.6 Å². The molecule has 0 saturated heterocycles. The van der Waals surface area contributed by atoms with Gasteiger partial charge >= 0.3 is 42.4 Å². The SMILES string of the molecule is CCC(C)(C)C(=O)OC1(C(O)(C(F)(F)F)C(F)(F)F)CCCC1.CCC(C)(C)C(=O)OC1(C)CCCC1.CCC(C)(C)C(=O)OC12CC3CC(C1)CC(C(=O)OC(CS(=O)(=O)[O-])C(F)(F)F)(C3)C2.CCC(C)c1cccc(O)c1.c1ccc([S+]2c3ccccc3Oc3ccccc32)cc1. The molecular weight excluding hydrogens is 1350 g/mol. The second-order valence-corrected chi connectivity index (χ2v) is 33.0. The molecule has 25 heteroatoms. The molecule has 552 valence electrons. The average Bonchev–Trinajstić information content (AvgIpc) is 1.57. The van der Waals surface area contributed by atoms with E-state index in [-0.39, 0.29) is 65.4 Å². The van der Waals surface area contributed by atoms with Gasteiger partial charge < -0.3 is 38.5 Å². The van der Waals surface area contributed by atoms with Gasteiger partial charge in [-0.1, -0.05) is 89.2 Å². The van der Waals surface area contributed by atoms with Crippen molar-refractivity contribution in [1.29, 1.82) is 0 Å². The highest BCUT2D eigenvalue weighted by Gasteiger charge is 2.81. The molecule has 1 aliphatic heterocycles. The minimum atomic E-state index is -6.02. The van der Waals surface area contributed by atoms with E-state index in [1.54, 1.807) is 26.8 Å². The number of esters is 4. The maximum Gasteiger partial charge on any atom is 0.430 e. The fourth-order valence-corrected chi connectivity index (χ4v) is 16.4. The molecule has 4 atom stereocenters. The van der Waals surface area contributed by atoms with Gasteiger partial charge in [-0.15, -0.1) is 0 Å². The Morgan fingerprint density at radius 3 is 1.51 bits per heavy atom. The van der Waals surface area contributed by atoms with Crippen molar-refractivity contribution in [2.75, 3.05) is 5.75 Å². The number of phenolic OH excluding ortho intramolecular Hbond substituents is 1. The number of ether oxygens (including phenoxy) is 5. The highest BCUT2D eigenvalue weighted by atomic mass is 32.2. The Labute approximate surface area is 579 Å². The van der Waals surface area contributed by atoms with Crippen LogP contribution in [0.3, 0.4) is 0 Å². The number of carbonyl (C=O) groups excluding carboxylic acids is 4. The lowest BCUT2D eigenvalue weighted by Gasteiger charge is -2.60. The number of halogens is 9. The van der Waals surface area contributed by atoms with Gasteiger partial charge in [0.05, 0.1) is 37.5 Å². The van der Waals surface area contributed by atoms with E-state index < -0.39 is 104 Å². The number of rotatable bonds is 17. The summed E-state index contributed by atoms with van der Waals surface area (Å²) in [5.74, 6) is -1.82. The van der Waals surface area contributed by atoms with Gasteiger partial charge in [0.15, 0.2) is 22.0 Å². The van der Waals surface area contributed by atoms with Gasteiger partial charge in [0, 0.05) is 6.42 Å². The van der Waals surface area contributed by atoms with Crippen LogP contribution in [0.2, 0.25) is 0 Å². The smallest absolute Gasteiger partial charge is 0.430 e. The molecule has 2 N–H and O–H groups in total. The van der Waals surface area contributed by atoms with E-state index in [4.69, 9.17) is 24.1 Å². The van der Waals surface area contributed by atoms with Crippen molar-refractivity contribution in [3.63, 3.8) is 0 Å². The molecular formula is C74H97F9O14S2. The number of carbonyl (C=O) groups is 4. The normalized spacial score (nSPS) is 22.2. The van der Waals surface area contributed by atoms with Crippen LogP contribution in [0.15, 0.2) is 118 Å². The van der Waals surface area contributed by atoms with E-state index in [2.05, 4.69) is 80.1 Å². The van der Waals surface area contributed by atoms with Gasteiger partial charge in [-0.25, -0.2) is 8.42 Å². The molecule has 4 aromatic rings. The van der Waals surface area contributed by atoms with Crippen molar-refractivity contribution < 1.29 is 106 Å². The molecule has 7 aliphatic rings. The number of para-hydroxylation sites is 2. The molecule has 4 aromatic carbocycles. The van der Waals surface area contributed by atoms with Gasteiger partial charge in [-0.3, -0.25) is 19.2 Å². The van der Waals surface area contributed by atoms with Crippen molar-refractivity contribution in [2.45, 2.75) is 266 Å². The zero-order valence-electron chi connectivity index (χ0n) is 58.6. The molecule has 0 amide bonds. The lowest BCUT2D eigenvalue weighted by Crippen LogP contribution is -2.71. The highest BCUT2D eigenvalue weighted by Crippen LogP contribution is 2.64. The molecule has 11 rings (SSSR count). The Bertz CT molecular complexity index is 3430. The van der Waals surface area contributed by atoms with E-state index in [1.165, 1.54) is 46.9 Å². The highest BCUT2D eigenvalue weighted by molar-refractivity contribution is 7.97. The van der Waals surface area contributed by atoms with Crippen LogP contribution in [-0.4, -0.2) is 99.9 Å². The van der Waals surface area contributed by atoms with Crippen molar-refractivity contribution in [2.24, 2.45) is 33.5 Å². The second kappa shape index (κ2) is 31.7. The third-order valence-corrected chi connectivity index (χ3v) is 23.6. The first-order valence-electron chi connectivity index (χ1n) is 33.9. The molecule has 6 fully saturated rings. The van der Waals surface area contributed by atoms with Gasteiger partial charge in [-0.05, 0) is 229 Å². The van der Waals surface area contributed by atoms with E-state index in [9.17, 15) is 76.8 Å². The van der Waals surface area contributed by atoms with Crippen LogP contribution in [0.25, 0.3) is 0 Å². The van der Waals surface area contributed by atoms with Gasteiger partial charge in [0.1, 0.15) is 27.8 Å². The first-order valence-corrected chi connectivity index (χ1v) is 36.7. The largest absolute Gasteiger partial charge is 0.748 e. The topological polar surface area (TPSA) is 212 Å². The van der Waals surface area contributed by atoms with Crippen LogP contribution in [0.4, 0.5) is 39.5 Å². The molecule has 6 aliphatic carbocycles. The fourth-order valence-electron chi connectivity index (χ4n) is 13.5. The molecule has 99 heavy (non-hydrogen) atoms. The molecule has 6 saturated carbocycles. The molecule has 0 radical (unpaired) electrons. The number of hydrogen-bond acceptors (Lipinski definition) is 14. The number of hydrogen-bond donors (Lipinski definition) is 2. The van der Waals surface area contributed by atoms with E-state index in [0.29, 0.717) is 43.8 Å². The van der Waals surface area contributed by atoms with Gasteiger partial charge in [0.25, 0.3) is 5.60 Å². The summed E-state index contributed by atoms with van der Waals surface area (Å²) in [6.45, 7) is 21.9. The quantitative estimate of drug-likeness (QED) is 0.0292. The predicted molar refractivity (Wildman–Crippen MR) is 354 cm³/mol. The summed E-state index contributed by atoms with van der Waals surface area (Å²) in [6.07, 6.45) is -12.0. The summed E-state index contributed by atoms with van der Waals surface area (Å²) < 4.78 is 178. The minimum absolute atomic E-state index is 0.00100. The lowest BCUT2D eigenvalue weighted by molar-refractivity contribution is -0.412. The molecule has 4 unspecified atom stereocenters. The van der Waals surface area contributed by atoms with Gasteiger partial charge in [-0.2, -0.15) is 39.5 Å². The third-order valence-electron chi connectivity index (χ3n) is 20.6. The van der Waals surface area contributed by atoms with Crippen LogP contribution < -0.4 is 4.74 Å². The average molecular weight is 1450 g/mol. The second-order valence-electron chi connectivity index (χ2n) is 29.5. The Morgan fingerprint density at radius 2 is 1.07 bits per heavy atom. The van der Waals surface area contributed by atoms with Crippen molar-refractivity contribution >= 4 is 44.9 Å². The zero-order valence-corrected chi connectivity index (χ0v) is 60.2. The Morgan fingerprint density at radius 1 is 0.626 bits per heavy atom. The third kappa shape index (κ3) is 19.8. The standard InChI is InChI=1S/C20H29F3O7S.C18H13OS.C14H20F6O3.C12H22O2.C10H14O/c1-4-17(2,3)15(24)30-19-8-12-5-13(9-19)7-18(6-12,11-19)16(25)29-14(20(21,22)23)10-31(26,27)28;1-2-8-14(9-3-1)20-17-12-6-4-10-15(17)19-16-11-5-7-13-18(16)20;1-4-10(2,3)9(21)23-11(7-5-6-8-11)12(22,13(15,16)17)14(18,19)20;1-5-11(2,3)10(13)14-12(4)8-6-7-9-12;1-3-8(2)9-5-4-6-10(11)7-9/h12-14H,4-11H2,1-3H3,(H,26,27,28);1-13H;22H,4-8H2,1-3H3;5-9H2,1-4H3;4-8,11H,3H2,1-2H3/q;+1;;;/p-1. The summed E-state index contributed by atoms with van der Waals surface area (Å²) in [7, 11) is -5.35. The summed E-state index contributed by atoms with van der Waals surface area (Å²) in [6, 6.07) is 34.8. The Hall–Kier alpha value is -6.05. The predicted octanol–water partition coefficient (Wildman–Crippen LogP) is 18.6. The monoisotopic (exact) mass is 1440 g/mol. The number of aromatic hydroxyl groups is 1. The maximum absolute atomic E-state index is 13.3. The summed E-state index contributed by atoms with van der Waals surface area (Å²) in [4.78, 5) is 53.5. The number of phenols is 1.